The summed E-state index contributed by atoms with van der Waals surface area (Å²) in [5, 5.41) is 15.4. The van der Waals surface area contributed by atoms with Gasteiger partial charge in [0.25, 0.3) is 11.8 Å². The van der Waals surface area contributed by atoms with Crippen molar-refractivity contribution >= 4 is 138 Å². The van der Waals surface area contributed by atoms with E-state index in [1.165, 1.54) is 58.2 Å². The number of aryl methyl sites for hydroxylation is 8. The number of nitrogens with zero attached hydrogens (tertiary/aromatic N) is 10. The van der Waals surface area contributed by atoms with Crippen LogP contribution in [0.1, 0.15) is 187 Å². The number of benzene rings is 8. The Labute approximate surface area is 675 Å². The Bertz CT molecular complexity index is 4350. The van der Waals surface area contributed by atoms with Crippen molar-refractivity contribution in [2.75, 3.05) is 29.0 Å². The average molecular weight is 1600 g/mol. The number of thiazole rings is 4. The van der Waals surface area contributed by atoms with Gasteiger partial charge in [0.2, 0.25) is 10.3 Å². The Kier molecular flexibility index (Phi) is 44.6. The molecule has 0 atom stereocenters. The third kappa shape index (κ3) is 24.6. The Morgan fingerprint density at radius 2 is 0.784 bits per heavy atom. The zero-order chi connectivity index (χ0) is 74.8. The summed E-state index contributed by atoms with van der Waals surface area (Å²) in [7, 11) is 3.69. The van der Waals surface area contributed by atoms with E-state index >= 15 is 0 Å². The predicted octanol–water partition coefficient (Wildman–Crippen LogP) is 25.2. The van der Waals surface area contributed by atoms with Gasteiger partial charge in [0.05, 0.1) is 52.0 Å². The maximum atomic E-state index is 12.7. The third-order valence-electron chi connectivity index (χ3n) is 13.9. The smallest absolute Gasteiger partial charge is 0.318 e. The summed E-state index contributed by atoms with van der Waals surface area (Å²) in [5.41, 5.74) is 17.4. The van der Waals surface area contributed by atoms with Crippen molar-refractivity contribution in [3.8, 4) is 10.0 Å². The van der Waals surface area contributed by atoms with Crippen LogP contribution in [0.2, 0.25) is 0 Å². The molecule has 13 nitrogen and oxygen atoms in total. The summed E-state index contributed by atoms with van der Waals surface area (Å²) >= 11 is 6.44. The number of fused-ring (bicyclic) bond motifs is 6. The standard InChI is InChI=1S/C17H16N3O.C17H16N3S.C17H12N2O2S.C16H12N2S2.8C2H6.2Y/c2*1-12-8-9-13(2)14(10-12)11-18-20(3)17-19-15-6-4-5-7-16(15)21-17;1-9-7-8-10(2)14-13(9)15(20)19(16(14)21)17-18-11-5-3-4-6-12(11)22-17;1-9-7-8-10(2)14-13(9)18-16(20-14)15-17-11-5-3-4-6-12(11)19-15;8*1-2;;/h2*4-10H,1-3H3;3-8H,1-2H3;3-8H,1-2H3;8*1-2H3;;/q2*-1;;;;;;;;;;;;. The second kappa shape index (κ2) is 48.9. The first kappa shape index (κ1) is 93.1. The minimum absolute atomic E-state index is 0. The number of anilines is 3. The zero-order valence-electron chi connectivity index (χ0n) is 65.0. The van der Waals surface area contributed by atoms with Gasteiger partial charge in [0.15, 0.2) is 15.6 Å². The van der Waals surface area contributed by atoms with Gasteiger partial charge in [-0.25, -0.2) is 40.0 Å². The summed E-state index contributed by atoms with van der Waals surface area (Å²) in [5.74, 6) is -0.555. The fourth-order valence-electron chi connectivity index (χ4n) is 9.17. The molecule has 2 amide bonds. The van der Waals surface area contributed by atoms with E-state index in [-0.39, 0.29) is 77.2 Å². The second-order valence-electron chi connectivity index (χ2n) is 20.3. The Balaban J connectivity index is 0.000000633. The van der Waals surface area contributed by atoms with Gasteiger partial charge >= 0.3 is 6.01 Å². The molecule has 1 aliphatic heterocycles. The van der Waals surface area contributed by atoms with Crippen molar-refractivity contribution in [2.24, 2.45) is 10.2 Å². The van der Waals surface area contributed by atoms with E-state index < -0.39 is 0 Å². The zero-order valence-corrected chi connectivity index (χ0v) is 73.9. The van der Waals surface area contributed by atoms with Gasteiger partial charge in [-0.15, -0.1) is 45.9 Å². The molecular weight excluding hydrogens is 1490 g/mol. The molecular formula is C83H104N10O3S4Y2-2. The number of amides is 2. The van der Waals surface area contributed by atoms with E-state index in [0.717, 1.165) is 80.8 Å². The van der Waals surface area contributed by atoms with Crippen LogP contribution < -0.4 is 14.9 Å². The number of rotatable bonds is 8. The van der Waals surface area contributed by atoms with Crippen LogP contribution in [0.25, 0.3) is 62.0 Å². The molecule has 5 aromatic heterocycles. The monoisotopic (exact) mass is 1590 g/mol. The molecule has 14 rings (SSSR count). The fourth-order valence-corrected chi connectivity index (χ4v) is 13.1. The van der Waals surface area contributed by atoms with Crippen molar-refractivity contribution in [1.82, 2.24) is 24.9 Å². The summed E-state index contributed by atoms with van der Waals surface area (Å²) < 4.78 is 10.3. The quantitative estimate of drug-likeness (QED) is 0.0623. The van der Waals surface area contributed by atoms with Crippen molar-refractivity contribution in [2.45, 2.75) is 166 Å². The topological polar surface area (TPSA) is 146 Å². The number of oxazole rings is 1. The first-order valence-electron chi connectivity index (χ1n) is 34.9. The van der Waals surface area contributed by atoms with Crippen LogP contribution in [-0.2, 0) is 65.4 Å². The van der Waals surface area contributed by atoms with Gasteiger partial charge in [0, 0.05) is 79.5 Å². The fraction of sp³-hybridized carbons (Fsp3) is 0.313. The molecule has 0 saturated carbocycles. The normalized spacial score (nSPS) is 10.4. The van der Waals surface area contributed by atoms with Gasteiger partial charge in [-0.3, -0.25) is 14.6 Å². The molecule has 0 unspecified atom stereocenters. The van der Waals surface area contributed by atoms with Gasteiger partial charge in [-0.2, -0.15) is 39.4 Å². The molecule has 13 aromatic rings. The van der Waals surface area contributed by atoms with Crippen molar-refractivity contribution < 1.29 is 79.4 Å². The Morgan fingerprint density at radius 1 is 0.392 bits per heavy atom. The molecule has 0 spiro atoms. The Morgan fingerprint density at radius 3 is 1.25 bits per heavy atom. The number of hydrazone groups is 2. The van der Waals surface area contributed by atoms with Crippen LogP contribution >= 0.6 is 45.3 Å². The molecule has 0 aliphatic carbocycles. The van der Waals surface area contributed by atoms with Crippen molar-refractivity contribution in [3.05, 3.63) is 224 Å². The summed E-state index contributed by atoms with van der Waals surface area (Å²) in [6, 6.07) is 52.6. The minimum Gasteiger partial charge on any atom is -0.422 e. The molecule has 102 heavy (non-hydrogen) atoms. The maximum Gasteiger partial charge on any atom is 0.318 e. The van der Waals surface area contributed by atoms with Crippen LogP contribution in [-0.4, -0.2) is 63.3 Å². The largest absolute Gasteiger partial charge is 0.422 e. The van der Waals surface area contributed by atoms with Gasteiger partial charge in [-0.1, -0.05) is 246 Å². The van der Waals surface area contributed by atoms with Gasteiger partial charge < -0.3 is 4.42 Å². The number of carbonyl (C=O) groups is 2. The van der Waals surface area contributed by atoms with Crippen LogP contribution in [0.4, 0.5) is 16.3 Å². The van der Waals surface area contributed by atoms with E-state index in [1.54, 1.807) is 51.1 Å². The maximum absolute atomic E-state index is 12.7. The molecule has 0 bridgehead atoms. The number of carbonyl (C=O) groups excluding carboxylic acids is 2. The van der Waals surface area contributed by atoms with Crippen molar-refractivity contribution in [1.29, 1.82) is 0 Å². The first-order valence-corrected chi connectivity index (χ1v) is 38.2. The van der Waals surface area contributed by atoms with Gasteiger partial charge in [0.1, 0.15) is 5.52 Å². The van der Waals surface area contributed by atoms with Crippen LogP contribution in [0.5, 0.6) is 0 Å². The Hall–Kier alpha value is -6.92. The minimum atomic E-state index is -0.278. The summed E-state index contributed by atoms with van der Waals surface area (Å²) in [4.78, 5) is 49.6. The summed E-state index contributed by atoms with van der Waals surface area (Å²) in [6.07, 6.45) is 6.16. The average Bonchev–Trinajstić information content (AvgIpc) is 1.58. The van der Waals surface area contributed by atoms with Crippen LogP contribution in [0.3, 0.4) is 0 Å². The van der Waals surface area contributed by atoms with E-state index in [1.807, 2.05) is 224 Å². The molecule has 536 valence electrons. The van der Waals surface area contributed by atoms with E-state index in [0.29, 0.717) is 22.3 Å². The molecule has 1 aliphatic rings. The molecule has 0 saturated heterocycles. The molecule has 0 fully saturated rings. The molecule has 19 heteroatoms. The number of hydrogen-bond donors (Lipinski definition) is 0. The van der Waals surface area contributed by atoms with E-state index in [4.69, 9.17) is 14.4 Å². The molecule has 6 heterocycles. The number of imide groups is 1. The van der Waals surface area contributed by atoms with E-state index in [2.05, 4.69) is 145 Å². The van der Waals surface area contributed by atoms with Gasteiger partial charge in [-0.05, 0) is 111 Å². The third-order valence-corrected chi connectivity index (χ3v) is 18.4. The second-order valence-corrected chi connectivity index (χ2v) is 24.3. The number of para-hydroxylation sites is 5. The SMILES string of the molecule is CC.CC.CC.CC.CC.CC.CC.CC.Cc1ccc(C)c([C-]=NN(C)c2nc3ccccc3o2)c1.Cc1ccc(C)c([C-]=NN(C)c2nc3ccccc3s2)c1.Cc1ccc(C)c2c1C(=O)N(c1nc3ccccc3s1)C2=O.Cc1ccc(C)c2sc(-c3nc4ccccc4s3)nc12.[Y].[Y]. The van der Waals surface area contributed by atoms with E-state index in [9.17, 15) is 9.59 Å². The molecule has 2 radical (unpaired) electrons. The number of aromatic nitrogens is 5. The molecule has 0 N–H and O–H groups in total. The summed E-state index contributed by atoms with van der Waals surface area (Å²) in [6.45, 7) is 48.2. The van der Waals surface area contributed by atoms with Crippen LogP contribution in [0.15, 0.2) is 172 Å². The molecule has 8 aromatic carbocycles. The first-order chi connectivity index (χ1) is 48.6. The predicted molar refractivity (Wildman–Crippen MR) is 441 cm³/mol. The van der Waals surface area contributed by atoms with Crippen molar-refractivity contribution in [3.63, 3.8) is 0 Å². The van der Waals surface area contributed by atoms with Crippen LogP contribution in [0, 0.1) is 55.4 Å². The number of hydrogen-bond acceptors (Lipinski definition) is 16.